The number of H-pyrrole nitrogens is 1. The van der Waals surface area contributed by atoms with Gasteiger partial charge in [0.15, 0.2) is 0 Å². The number of allylic oxidation sites excluding steroid dienone is 3. The highest BCUT2D eigenvalue weighted by Gasteiger charge is 2.77. The summed E-state index contributed by atoms with van der Waals surface area (Å²) in [6.45, 7) is 4.30. The van der Waals surface area contributed by atoms with Crippen LogP contribution in [0.5, 0.6) is 5.75 Å². The molecule has 43 heavy (non-hydrogen) atoms. The van der Waals surface area contributed by atoms with Gasteiger partial charge in [-0.05, 0) is 101 Å². The molecule has 6 aliphatic rings. The number of benzene rings is 1. The van der Waals surface area contributed by atoms with Crippen LogP contribution in [0, 0.1) is 11.3 Å². The third kappa shape index (κ3) is 3.71. The number of aromatic hydroxyl groups is 1. The topological polar surface area (TPSA) is 81.7 Å². The number of aromatic nitrogens is 2. The molecule has 1 spiro atoms. The van der Waals surface area contributed by atoms with E-state index in [1.165, 1.54) is 18.4 Å². The second-order valence-electron chi connectivity index (χ2n) is 14.3. The van der Waals surface area contributed by atoms with Crippen molar-refractivity contribution in [2.45, 2.75) is 88.0 Å². The summed E-state index contributed by atoms with van der Waals surface area (Å²) >= 11 is 0. The molecule has 224 valence electrons. The van der Waals surface area contributed by atoms with Crippen LogP contribution in [0.25, 0.3) is 27.4 Å². The number of ether oxygens (including phenoxy) is 1. The van der Waals surface area contributed by atoms with Gasteiger partial charge in [0.25, 0.3) is 0 Å². The first-order valence-electron chi connectivity index (χ1n) is 16.7. The van der Waals surface area contributed by atoms with Crippen LogP contribution in [0.4, 0.5) is 0 Å². The molecule has 0 saturated carbocycles. The summed E-state index contributed by atoms with van der Waals surface area (Å²) in [6, 6.07) is 8.14. The molecule has 2 N–H and O–H groups in total. The number of nitrogens with zero attached hydrogens (tertiary/aromatic N) is 3. The van der Waals surface area contributed by atoms with Crippen molar-refractivity contribution >= 4 is 33.2 Å². The van der Waals surface area contributed by atoms with E-state index in [2.05, 4.69) is 45.1 Å². The number of carbonyl (C=O) groups is 1. The first-order valence-corrected chi connectivity index (χ1v) is 16.7. The molecule has 1 aromatic carbocycles. The van der Waals surface area contributed by atoms with Gasteiger partial charge >= 0.3 is 0 Å². The molecular formula is C36H42N4O3. The van der Waals surface area contributed by atoms with Gasteiger partial charge < -0.3 is 19.7 Å². The average molecular weight is 579 g/mol. The maximum Gasteiger partial charge on any atom is 0.139 e. The van der Waals surface area contributed by atoms with E-state index in [0.29, 0.717) is 30.6 Å². The second kappa shape index (κ2) is 9.50. The van der Waals surface area contributed by atoms with Crippen molar-refractivity contribution in [1.82, 2.24) is 19.8 Å². The number of hydrogen-bond acceptors (Lipinski definition) is 6. The number of phenolic OH excluding ortho intramolecular Hbond substituents is 1. The van der Waals surface area contributed by atoms with Crippen molar-refractivity contribution in [2.24, 2.45) is 11.3 Å². The molecule has 4 saturated heterocycles. The number of nitrogens with one attached hydrogen (secondary N) is 1. The van der Waals surface area contributed by atoms with Gasteiger partial charge in [0.05, 0.1) is 22.8 Å². The van der Waals surface area contributed by atoms with Crippen LogP contribution >= 0.6 is 0 Å². The van der Waals surface area contributed by atoms with E-state index in [-0.39, 0.29) is 16.9 Å². The van der Waals surface area contributed by atoms with E-state index in [9.17, 15) is 9.90 Å². The van der Waals surface area contributed by atoms with Crippen LogP contribution in [0.1, 0.15) is 76.3 Å². The minimum Gasteiger partial charge on any atom is -0.506 e. The van der Waals surface area contributed by atoms with Crippen LogP contribution in [0.2, 0.25) is 0 Å². The molecular weight excluding hydrogens is 536 g/mol. The molecule has 9 rings (SSSR count). The zero-order valence-electron chi connectivity index (χ0n) is 25.0. The van der Waals surface area contributed by atoms with E-state index in [4.69, 9.17) is 9.72 Å². The summed E-state index contributed by atoms with van der Waals surface area (Å²) in [6.07, 6.45) is 20.0. The third-order valence-electron chi connectivity index (χ3n) is 12.0. The molecule has 7 nitrogen and oxygen atoms in total. The van der Waals surface area contributed by atoms with Crippen LogP contribution < -0.4 is 0 Å². The summed E-state index contributed by atoms with van der Waals surface area (Å²) in [5, 5.41) is 12.9. The SMILES string of the molecule is O=C1CCCN2[C@H]3[C@]45CN6CCCC/C=C\CC[C@]3(C=C(c3nccc7c3[nH]c3c(O)cccc37)[C@H]4CC6)O[C@@]2(CC1)C5. The molecule has 0 radical (unpaired) electrons. The minimum absolute atomic E-state index is 0.0454. The highest BCUT2D eigenvalue weighted by Crippen LogP contribution is 2.70. The molecule has 5 aliphatic heterocycles. The Kier molecular flexibility index (Phi) is 5.83. The Morgan fingerprint density at radius 3 is 2.84 bits per heavy atom. The molecule has 3 aromatic rings. The molecule has 2 aromatic heterocycles. The van der Waals surface area contributed by atoms with Crippen molar-refractivity contribution in [3.63, 3.8) is 0 Å². The van der Waals surface area contributed by atoms with Crippen molar-refractivity contribution in [2.75, 3.05) is 26.2 Å². The Morgan fingerprint density at radius 2 is 1.88 bits per heavy atom. The van der Waals surface area contributed by atoms with Crippen molar-refractivity contribution in [3.8, 4) is 5.75 Å². The molecule has 5 bridgehead atoms. The predicted octanol–water partition coefficient (Wildman–Crippen LogP) is 6.33. The number of fused-ring (bicyclic) bond motifs is 4. The predicted molar refractivity (Wildman–Crippen MR) is 168 cm³/mol. The zero-order valence-corrected chi connectivity index (χ0v) is 25.0. The second-order valence-corrected chi connectivity index (χ2v) is 14.3. The maximum atomic E-state index is 12.8. The fourth-order valence-electron chi connectivity index (χ4n) is 10.5. The highest BCUT2D eigenvalue weighted by atomic mass is 16.6. The van der Waals surface area contributed by atoms with Gasteiger partial charge in [-0.1, -0.05) is 24.3 Å². The summed E-state index contributed by atoms with van der Waals surface area (Å²) in [7, 11) is 0. The lowest BCUT2D eigenvalue weighted by Gasteiger charge is -2.59. The molecule has 4 fully saturated rings. The first-order chi connectivity index (χ1) is 21.0. The lowest BCUT2D eigenvalue weighted by molar-refractivity contribution is -0.180. The standard InChI is InChI=1S/C36H42N4O3/c41-24-9-8-19-40-33-34-22-36(40,16-12-24)43-35(33)15-5-3-1-2-4-6-18-39(23-34)20-14-28(34)27(21-35)31-32-26(13-17-37-31)25-10-7-11-29(42)30(25)38-32/h1,3,7,10-11,13,17,21,28,33,38,42H,2,4-6,8-9,12,14-16,18-20,22-23H2/b3-1-/t28-,33+,34-,35-,36+/m1/s1. The number of hydrogen-bond donors (Lipinski definition) is 2. The monoisotopic (exact) mass is 578 g/mol. The van der Waals surface area contributed by atoms with Gasteiger partial charge in [-0.25, -0.2) is 0 Å². The molecule has 6 atom stereocenters. The number of ketones is 1. The lowest BCUT2D eigenvalue weighted by atomic mass is 9.53. The summed E-state index contributed by atoms with van der Waals surface area (Å²) in [4.78, 5) is 27.0. The van der Waals surface area contributed by atoms with Gasteiger partial charge in [-0.2, -0.15) is 0 Å². The van der Waals surface area contributed by atoms with Gasteiger partial charge in [0.1, 0.15) is 22.9 Å². The fraction of sp³-hybridized carbons (Fsp3) is 0.556. The van der Waals surface area contributed by atoms with Gasteiger partial charge in [-0.3, -0.25) is 14.7 Å². The van der Waals surface area contributed by atoms with Crippen molar-refractivity contribution in [1.29, 1.82) is 0 Å². The summed E-state index contributed by atoms with van der Waals surface area (Å²) in [5.74, 6) is 1.04. The van der Waals surface area contributed by atoms with Gasteiger partial charge in [-0.15, -0.1) is 0 Å². The van der Waals surface area contributed by atoms with Crippen LogP contribution in [0.3, 0.4) is 0 Å². The molecule has 7 heteroatoms. The summed E-state index contributed by atoms with van der Waals surface area (Å²) < 4.78 is 7.51. The summed E-state index contributed by atoms with van der Waals surface area (Å²) in [5.41, 5.74) is 3.40. The minimum atomic E-state index is -0.420. The zero-order chi connectivity index (χ0) is 28.8. The number of phenols is 1. The fourth-order valence-corrected chi connectivity index (χ4v) is 10.5. The van der Waals surface area contributed by atoms with E-state index < -0.39 is 5.60 Å². The van der Waals surface area contributed by atoms with Crippen LogP contribution in [-0.2, 0) is 9.53 Å². The van der Waals surface area contributed by atoms with Crippen LogP contribution in [0.15, 0.2) is 48.7 Å². The number of para-hydroxylation sites is 1. The Bertz CT molecular complexity index is 1690. The Morgan fingerprint density at radius 1 is 0.977 bits per heavy atom. The Balaban J connectivity index is 1.28. The number of Topliss-reactive ketones (excluding diaryl/α,β-unsaturated/α-hetero) is 1. The molecule has 7 heterocycles. The van der Waals surface area contributed by atoms with Crippen molar-refractivity contribution < 1.29 is 14.6 Å². The lowest BCUT2D eigenvalue weighted by Crippen LogP contribution is -2.65. The van der Waals surface area contributed by atoms with Gasteiger partial charge in [0, 0.05) is 48.3 Å². The number of carbonyl (C=O) groups excluding carboxylic acids is 1. The average Bonchev–Trinajstić information content (AvgIpc) is 3.59. The molecule has 0 amide bonds. The molecule has 1 aliphatic carbocycles. The quantitative estimate of drug-likeness (QED) is 0.329. The normalized spacial score (nSPS) is 38.6. The van der Waals surface area contributed by atoms with E-state index >= 15 is 0 Å². The smallest absolute Gasteiger partial charge is 0.139 e. The third-order valence-corrected chi connectivity index (χ3v) is 12.0. The number of pyridine rings is 1. The first kappa shape index (κ1) is 26.4. The van der Waals surface area contributed by atoms with Gasteiger partial charge in [0.2, 0.25) is 0 Å². The Labute approximate surface area is 253 Å². The number of piperidine rings is 1. The number of aromatic amines is 1. The largest absolute Gasteiger partial charge is 0.506 e. The maximum absolute atomic E-state index is 12.8. The number of rotatable bonds is 1. The van der Waals surface area contributed by atoms with E-state index in [1.54, 1.807) is 6.07 Å². The molecule has 1 unspecified atom stereocenters. The van der Waals surface area contributed by atoms with Crippen LogP contribution in [-0.4, -0.2) is 74.2 Å². The van der Waals surface area contributed by atoms with Crippen molar-refractivity contribution in [3.05, 3.63) is 54.4 Å². The van der Waals surface area contributed by atoms with E-state index in [0.717, 1.165) is 98.6 Å². The van der Waals surface area contributed by atoms with E-state index in [1.807, 2.05) is 12.3 Å². The highest BCUT2D eigenvalue weighted by molar-refractivity contribution is 6.11. The Hall–Kier alpha value is -3.00.